The summed E-state index contributed by atoms with van der Waals surface area (Å²) in [6.45, 7) is 4.12. The Morgan fingerprint density at radius 2 is 2.13 bits per heavy atom. The van der Waals surface area contributed by atoms with Crippen LogP contribution >= 0.6 is 15.9 Å². The summed E-state index contributed by atoms with van der Waals surface area (Å²) >= 11 is 3.21. The third-order valence-corrected chi connectivity index (χ3v) is 3.59. The number of hydrogen-bond acceptors (Lipinski definition) is 1. The van der Waals surface area contributed by atoms with Gasteiger partial charge in [-0.2, -0.15) is 0 Å². The van der Waals surface area contributed by atoms with Crippen molar-refractivity contribution in [1.29, 1.82) is 0 Å². The number of halogens is 2. The second-order valence-electron chi connectivity index (χ2n) is 4.35. The fraction of sp³-hybridized carbons (Fsp3) is 0.500. The van der Waals surface area contributed by atoms with Gasteiger partial charge in [-0.25, -0.2) is 4.39 Å². The number of hydrogen-bond donors (Lipinski definition) is 1. The van der Waals surface area contributed by atoms with Gasteiger partial charge in [-0.15, -0.1) is 0 Å². The van der Waals surface area contributed by atoms with Crippen LogP contribution in [0.2, 0.25) is 0 Å². The topological polar surface area (TPSA) is 12.0 Å². The van der Waals surface area contributed by atoms with Crippen LogP contribution < -0.4 is 5.32 Å². The molecule has 0 amide bonds. The molecule has 15 heavy (non-hydrogen) atoms. The highest BCUT2D eigenvalue weighted by Gasteiger charge is 2.28. The highest BCUT2D eigenvalue weighted by molar-refractivity contribution is 9.10. The van der Waals surface area contributed by atoms with Gasteiger partial charge in [0.15, 0.2) is 0 Å². The van der Waals surface area contributed by atoms with E-state index in [4.69, 9.17) is 0 Å². The van der Waals surface area contributed by atoms with E-state index in [1.165, 1.54) is 12.8 Å². The predicted octanol–water partition coefficient (Wildman–Crippen LogP) is 4.11. The van der Waals surface area contributed by atoms with Crippen LogP contribution in [-0.2, 0) is 0 Å². The van der Waals surface area contributed by atoms with Gasteiger partial charge < -0.3 is 5.32 Å². The Morgan fingerprint density at radius 1 is 1.47 bits per heavy atom. The summed E-state index contributed by atoms with van der Waals surface area (Å²) in [6, 6.07) is 3.87. The zero-order valence-corrected chi connectivity index (χ0v) is 10.6. The molecular weight excluding hydrogens is 257 g/mol. The third-order valence-electron chi connectivity index (χ3n) is 2.98. The molecule has 1 aliphatic carbocycles. The highest BCUT2D eigenvalue weighted by atomic mass is 79.9. The molecule has 1 nitrogen and oxygen atoms in total. The van der Waals surface area contributed by atoms with E-state index in [0.29, 0.717) is 10.5 Å². The summed E-state index contributed by atoms with van der Waals surface area (Å²) in [6.07, 6.45) is 2.63. The molecule has 2 rings (SSSR count). The molecule has 1 unspecified atom stereocenters. The van der Waals surface area contributed by atoms with Crippen LogP contribution in [0.4, 0.5) is 10.1 Å². The van der Waals surface area contributed by atoms with Gasteiger partial charge in [0.25, 0.3) is 0 Å². The Kier molecular flexibility index (Phi) is 3.01. The van der Waals surface area contributed by atoms with Crippen molar-refractivity contribution in [2.24, 2.45) is 5.92 Å². The van der Waals surface area contributed by atoms with Gasteiger partial charge in [-0.1, -0.05) is 0 Å². The number of benzene rings is 1. The third kappa shape index (κ3) is 2.51. The fourth-order valence-electron chi connectivity index (χ4n) is 1.76. The van der Waals surface area contributed by atoms with Crippen molar-refractivity contribution in [2.45, 2.75) is 32.7 Å². The zero-order chi connectivity index (χ0) is 11.0. The van der Waals surface area contributed by atoms with Crippen molar-refractivity contribution in [3.05, 3.63) is 28.0 Å². The maximum absolute atomic E-state index is 13.2. The van der Waals surface area contributed by atoms with Gasteiger partial charge in [0.05, 0.1) is 4.47 Å². The van der Waals surface area contributed by atoms with Crippen LogP contribution in [0.3, 0.4) is 0 Å². The van der Waals surface area contributed by atoms with Gasteiger partial charge in [0.1, 0.15) is 5.82 Å². The van der Waals surface area contributed by atoms with E-state index in [-0.39, 0.29) is 5.82 Å². The highest BCUT2D eigenvalue weighted by Crippen LogP contribution is 2.35. The van der Waals surface area contributed by atoms with Crippen LogP contribution in [-0.4, -0.2) is 6.04 Å². The van der Waals surface area contributed by atoms with Crippen LogP contribution in [0.25, 0.3) is 0 Å². The summed E-state index contributed by atoms with van der Waals surface area (Å²) in [4.78, 5) is 0. The van der Waals surface area contributed by atoms with Crippen LogP contribution in [0.1, 0.15) is 25.3 Å². The molecule has 0 radical (unpaired) electrons. The summed E-state index contributed by atoms with van der Waals surface area (Å²) in [7, 11) is 0. The van der Waals surface area contributed by atoms with Crippen LogP contribution in [0.5, 0.6) is 0 Å². The quantitative estimate of drug-likeness (QED) is 0.873. The average molecular weight is 272 g/mol. The average Bonchev–Trinajstić information content (AvgIpc) is 2.97. The Morgan fingerprint density at radius 3 is 2.73 bits per heavy atom. The second-order valence-corrected chi connectivity index (χ2v) is 5.21. The molecule has 1 aromatic carbocycles. The SMILES string of the molecule is Cc1cc(F)c(Br)cc1NC(C)C1CC1. The maximum Gasteiger partial charge on any atom is 0.137 e. The van der Waals surface area contributed by atoms with Gasteiger partial charge >= 0.3 is 0 Å². The first-order valence-corrected chi connectivity index (χ1v) is 6.09. The standard InChI is InChI=1S/C12H15BrFN/c1-7-5-11(14)10(13)6-12(7)15-8(2)9-3-4-9/h5-6,8-9,15H,3-4H2,1-2H3. The van der Waals surface area contributed by atoms with E-state index < -0.39 is 0 Å². The molecule has 82 valence electrons. The first-order chi connectivity index (χ1) is 7.08. The molecule has 0 aromatic heterocycles. The Balaban J connectivity index is 2.16. The van der Waals surface area contributed by atoms with Crippen molar-refractivity contribution in [3.63, 3.8) is 0 Å². The smallest absolute Gasteiger partial charge is 0.137 e. The van der Waals surface area contributed by atoms with Crippen LogP contribution in [0.15, 0.2) is 16.6 Å². The van der Waals surface area contributed by atoms with Gasteiger partial charge in [0.2, 0.25) is 0 Å². The van der Waals surface area contributed by atoms with Gasteiger partial charge in [-0.3, -0.25) is 0 Å². The summed E-state index contributed by atoms with van der Waals surface area (Å²) in [5.41, 5.74) is 1.99. The van der Waals surface area contributed by atoms with E-state index in [1.54, 1.807) is 6.07 Å². The van der Waals surface area contributed by atoms with Crippen molar-refractivity contribution in [2.75, 3.05) is 5.32 Å². The largest absolute Gasteiger partial charge is 0.382 e. The zero-order valence-electron chi connectivity index (χ0n) is 8.98. The number of anilines is 1. The summed E-state index contributed by atoms with van der Waals surface area (Å²) in [5, 5.41) is 3.44. The summed E-state index contributed by atoms with van der Waals surface area (Å²) < 4.78 is 13.7. The van der Waals surface area contributed by atoms with Crippen molar-refractivity contribution >= 4 is 21.6 Å². The van der Waals surface area contributed by atoms with Gasteiger partial charge in [-0.05, 0) is 66.2 Å². The molecule has 0 heterocycles. The molecule has 1 N–H and O–H groups in total. The minimum absolute atomic E-state index is 0.197. The molecule has 0 aliphatic heterocycles. The molecule has 1 aliphatic rings. The fourth-order valence-corrected chi connectivity index (χ4v) is 2.10. The minimum Gasteiger partial charge on any atom is -0.382 e. The Labute approximate surface area is 98.2 Å². The minimum atomic E-state index is -0.197. The Hall–Kier alpha value is -0.570. The molecule has 0 spiro atoms. The molecule has 3 heteroatoms. The normalized spacial score (nSPS) is 17.6. The lowest BCUT2D eigenvalue weighted by molar-refractivity contribution is 0.619. The van der Waals surface area contributed by atoms with E-state index in [0.717, 1.165) is 17.2 Å². The lowest BCUT2D eigenvalue weighted by Crippen LogP contribution is -2.17. The van der Waals surface area contributed by atoms with Crippen molar-refractivity contribution in [1.82, 2.24) is 0 Å². The molecule has 0 bridgehead atoms. The summed E-state index contributed by atoms with van der Waals surface area (Å²) in [5.74, 6) is 0.602. The molecule has 1 saturated carbocycles. The first-order valence-electron chi connectivity index (χ1n) is 5.30. The number of rotatable bonds is 3. The van der Waals surface area contributed by atoms with Crippen LogP contribution in [0, 0.1) is 18.7 Å². The molecular formula is C12H15BrFN. The molecule has 1 fully saturated rings. The second kappa shape index (κ2) is 4.12. The first kappa shape index (κ1) is 10.9. The van der Waals surface area contributed by atoms with Crippen molar-refractivity contribution < 1.29 is 4.39 Å². The van der Waals surface area contributed by atoms with Crippen molar-refractivity contribution in [3.8, 4) is 0 Å². The van der Waals surface area contributed by atoms with Gasteiger partial charge in [0, 0.05) is 11.7 Å². The van der Waals surface area contributed by atoms with E-state index >= 15 is 0 Å². The van der Waals surface area contributed by atoms with E-state index in [1.807, 2.05) is 13.0 Å². The predicted molar refractivity (Wildman–Crippen MR) is 64.6 cm³/mol. The monoisotopic (exact) mass is 271 g/mol. The lowest BCUT2D eigenvalue weighted by Gasteiger charge is -2.16. The van der Waals surface area contributed by atoms with E-state index in [9.17, 15) is 4.39 Å². The Bertz CT molecular complexity index is 374. The van der Waals surface area contributed by atoms with E-state index in [2.05, 4.69) is 28.2 Å². The molecule has 1 aromatic rings. The number of nitrogens with one attached hydrogen (secondary N) is 1. The number of aryl methyl sites for hydroxylation is 1. The lowest BCUT2D eigenvalue weighted by atomic mass is 10.1. The maximum atomic E-state index is 13.2. The molecule has 0 saturated heterocycles. The molecule has 1 atom stereocenters.